The summed E-state index contributed by atoms with van der Waals surface area (Å²) in [4.78, 5) is 33.8. The van der Waals surface area contributed by atoms with E-state index in [2.05, 4.69) is 30.7 Å². The van der Waals surface area contributed by atoms with E-state index in [-0.39, 0.29) is 42.9 Å². The van der Waals surface area contributed by atoms with Crippen LogP contribution >= 0.6 is 11.3 Å². The molecule has 4 aromatic heterocycles. The van der Waals surface area contributed by atoms with Gasteiger partial charge in [-0.1, -0.05) is 0 Å². The molecular formula is C26H32N8O5S2. The number of nitrogens with one attached hydrogen (secondary N) is 2. The largest absolute Gasteiger partial charge is 0.373 e. The van der Waals surface area contributed by atoms with Crippen molar-refractivity contribution in [2.75, 3.05) is 42.3 Å². The molecule has 13 nitrogen and oxygen atoms in total. The molecule has 5 rings (SSSR count). The molecule has 1 aliphatic heterocycles. The molecule has 1 aliphatic rings. The minimum atomic E-state index is -3.10. The lowest BCUT2D eigenvalue weighted by atomic mass is 10.2. The zero-order chi connectivity index (χ0) is 29.3. The summed E-state index contributed by atoms with van der Waals surface area (Å²) in [5.74, 6) is -0.530. The first-order chi connectivity index (χ1) is 19.4. The summed E-state index contributed by atoms with van der Waals surface area (Å²) in [6, 6.07) is 1.69. The van der Waals surface area contributed by atoms with Crippen molar-refractivity contribution >= 4 is 49.2 Å². The maximum atomic E-state index is 13.3. The highest BCUT2D eigenvalue weighted by Gasteiger charge is 2.24. The lowest BCUT2D eigenvalue weighted by Crippen LogP contribution is -2.48. The average Bonchev–Trinajstić information content (AvgIpc) is 3.59. The van der Waals surface area contributed by atoms with Crippen molar-refractivity contribution < 1.29 is 22.7 Å². The molecule has 0 bridgehead atoms. The van der Waals surface area contributed by atoms with Crippen LogP contribution in [0.1, 0.15) is 29.9 Å². The number of carbonyl (C=O) groups excluding carboxylic acids is 2. The number of rotatable bonds is 9. The van der Waals surface area contributed by atoms with Gasteiger partial charge in [0.2, 0.25) is 5.91 Å². The molecule has 4 aromatic rings. The summed E-state index contributed by atoms with van der Waals surface area (Å²) in [6.07, 6.45) is 9.60. The summed E-state index contributed by atoms with van der Waals surface area (Å²) >= 11 is 1.37. The number of nitrogens with zero attached hydrogens (tertiary/aromatic N) is 6. The molecule has 0 aliphatic carbocycles. The minimum absolute atomic E-state index is 0.00220. The molecule has 0 aromatic carbocycles. The molecule has 0 unspecified atom stereocenters. The Labute approximate surface area is 241 Å². The van der Waals surface area contributed by atoms with E-state index in [1.54, 1.807) is 47.0 Å². The summed E-state index contributed by atoms with van der Waals surface area (Å²) in [5, 5.41) is 14.3. The van der Waals surface area contributed by atoms with Gasteiger partial charge >= 0.3 is 0 Å². The first-order valence-electron chi connectivity index (χ1n) is 13.1. The summed E-state index contributed by atoms with van der Waals surface area (Å²) in [6.45, 7) is 7.61. The summed E-state index contributed by atoms with van der Waals surface area (Å²) in [5.41, 5.74) is 2.74. The van der Waals surface area contributed by atoms with Crippen LogP contribution < -0.4 is 10.6 Å². The van der Waals surface area contributed by atoms with Gasteiger partial charge in [0.25, 0.3) is 5.91 Å². The topological polar surface area (TPSA) is 153 Å². The van der Waals surface area contributed by atoms with Crippen molar-refractivity contribution in [3.05, 3.63) is 48.3 Å². The third-order valence-corrected chi connectivity index (χ3v) is 8.62. The number of hydrogen-bond acceptors (Lipinski definition) is 10. The van der Waals surface area contributed by atoms with Crippen LogP contribution in [0.5, 0.6) is 0 Å². The van der Waals surface area contributed by atoms with Crippen molar-refractivity contribution in [1.29, 1.82) is 0 Å². The number of carbonyl (C=O) groups is 2. The predicted molar refractivity (Wildman–Crippen MR) is 156 cm³/mol. The van der Waals surface area contributed by atoms with Crippen molar-refractivity contribution in [3.63, 3.8) is 0 Å². The van der Waals surface area contributed by atoms with Crippen LogP contribution in [-0.2, 0) is 25.9 Å². The lowest BCUT2D eigenvalue weighted by Gasteiger charge is -2.34. The molecule has 15 heteroatoms. The van der Waals surface area contributed by atoms with Crippen LogP contribution in [0.3, 0.4) is 0 Å². The molecule has 1 saturated heterocycles. The smallest absolute Gasteiger partial charge is 0.260 e. The van der Waals surface area contributed by atoms with Gasteiger partial charge in [0, 0.05) is 37.3 Å². The molecule has 0 radical (unpaired) electrons. The number of anilines is 2. The number of thiazole rings is 1. The number of fused-ring (bicyclic) bond motifs is 1. The fourth-order valence-electron chi connectivity index (χ4n) is 4.68. The van der Waals surface area contributed by atoms with Gasteiger partial charge in [-0.15, -0.1) is 11.3 Å². The maximum Gasteiger partial charge on any atom is 0.260 e. The van der Waals surface area contributed by atoms with E-state index < -0.39 is 9.84 Å². The Morgan fingerprint density at radius 1 is 1.10 bits per heavy atom. The van der Waals surface area contributed by atoms with Crippen molar-refractivity contribution in [2.45, 2.75) is 39.5 Å². The highest BCUT2D eigenvalue weighted by molar-refractivity contribution is 7.90. The van der Waals surface area contributed by atoms with Crippen LogP contribution in [0.4, 0.5) is 11.4 Å². The third kappa shape index (κ3) is 7.16. The average molecular weight is 601 g/mol. The van der Waals surface area contributed by atoms with E-state index in [0.717, 1.165) is 10.4 Å². The van der Waals surface area contributed by atoms with Gasteiger partial charge in [0.15, 0.2) is 0 Å². The maximum absolute atomic E-state index is 13.3. The quantitative estimate of drug-likeness (QED) is 0.295. The molecule has 218 valence electrons. The fraction of sp³-hybridized carbons (Fsp3) is 0.423. The van der Waals surface area contributed by atoms with Crippen LogP contribution in [-0.4, -0.2) is 93.4 Å². The number of ether oxygens (including phenoxy) is 1. The summed E-state index contributed by atoms with van der Waals surface area (Å²) < 4.78 is 31.9. The number of aromatic nitrogens is 5. The molecular weight excluding hydrogens is 568 g/mol. The number of amides is 2. The Morgan fingerprint density at radius 2 is 1.85 bits per heavy atom. The number of aryl methyl sites for hydroxylation is 2. The second kappa shape index (κ2) is 11.7. The number of morpholine rings is 1. The van der Waals surface area contributed by atoms with Gasteiger partial charge in [-0.3, -0.25) is 24.2 Å². The van der Waals surface area contributed by atoms with Gasteiger partial charge in [0.1, 0.15) is 14.7 Å². The Hall–Kier alpha value is -3.66. The van der Waals surface area contributed by atoms with Gasteiger partial charge < -0.3 is 15.4 Å². The Bertz CT molecular complexity index is 1680. The van der Waals surface area contributed by atoms with E-state index >= 15 is 0 Å². The summed E-state index contributed by atoms with van der Waals surface area (Å²) in [7, 11) is -3.10. The van der Waals surface area contributed by atoms with E-state index in [4.69, 9.17) is 4.74 Å². The molecule has 2 N–H and O–H groups in total. The molecule has 5 heterocycles. The van der Waals surface area contributed by atoms with Gasteiger partial charge in [-0.05, 0) is 26.8 Å². The first kappa shape index (κ1) is 28.9. The molecule has 0 saturated carbocycles. The van der Waals surface area contributed by atoms with E-state index in [1.165, 1.54) is 23.8 Å². The Morgan fingerprint density at radius 3 is 2.59 bits per heavy atom. The zero-order valence-corrected chi connectivity index (χ0v) is 24.8. The molecule has 41 heavy (non-hydrogen) atoms. The zero-order valence-electron chi connectivity index (χ0n) is 23.2. The van der Waals surface area contributed by atoms with Gasteiger partial charge in [-0.2, -0.15) is 10.2 Å². The Kier molecular flexibility index (Phi) is 8.22. The highest BCUT2D eigenvalue weighted by atomic mass is 32.2. The van der Waals surface area contributed by atoms with Crippen LogP contribution in [0.2, 0.25) is 0 Å². The van der Waals surface area contributed by atoms with E-state index in [1.807, 2.05) is 13.8 Å². The number of sulfone groups is 1. The molecule has 1 fully saturated rings. The number of hydrogen-bond donors (Lipinski definition) is 2. The monoisotopic (exact) mass is 600 g/mol. The van der Waals surface area contributed by atoms with E-state index in [0.29, 0.717) is 40.6 Å². The Balaban J connectivity index is 1.26. The second-order valence-corrected chi connectivity index (χ2v) is 13.6. The highest BCUT2D eigenvalue weighted by Crippen LogP contribution is 2.31. The fourth-order valence-corrected chi connectivity index (χ4v) is 6.23. The molecule has 2 atom stereocenters. The normalized spacial score (nSPS) is 18.0. The van der Waals surface area contributed by atoms with Gasteiger partial charge in [0.05, 0.1) is 77.2 Å². The molecule has 2 amide bonds. The predicted octanol–water partition coefficient (Wildman–Crippen LogP) is 2.31. The van der Waals surface area contributed by atoms with Crippen molar-refractivity contribution in [3.8, 4) is 10.4 Å². The number of pyridine rings is 1. The van der Waals surface area contributed by atoms with Crippen molar-refractivity contribution in [2.24, 2.45) is 0 Å². The first-order valence-corrected chi connectivity index (χ1v) is 15.9. The third-order valence-electron chi connectivity index (χ3n) is 6.53. The van der Waals surface area contributed by atoms with Crippen LogP contribution in [0.15, 0.2) is 37.1 Å². The SMILES string of the molecule is Cc1ncc(NC(=O)CN2C[C@@H](C)O[C@H](C)C2)cc1NC(=O)c1cnn2cc(-c3cnn(CCS(C)(=O)=O)c3)sc12. The molecule has 0 spiro atoms. The van der Waals surface area contributed by atoms with Crippen LogP contribution in [0.25, 0.3) is 15.3 Å². The van der Waals surface area contributed by atoms with Gasteiger partial charge in [-0.25, -0.2) is 12.9 Å². The van der Waals surface area contributed by atoms with E-state index in [9.17, 15) is 18.0 Å². The van der Waals surface area contributed by atoms with Crippen LogP contribution in [0, 0.1) is 6.92 Å². The van der Waals surface area contributed by atoms with Crippen molar-refractivity contribution in [1.82, 2.24) is 29.3 Å². The second-order valence-electron chi connectivity index (χ2n) is 10.3. The standard InChI is InChI=1S/C26H32N8O5S2/c1-16-11-32(12-17(2)39-16)15-24(35)30-20-7-22(18(3)27-9-20)31-25(36)21-10-29-34-14-23(40-26(21)34)19-8-28-33(13-19)5-6-41(4,37)38/h7-10,13-14,16-17H,5-6,11-12,15H2,1-4H3,(H,30,35)(H,31,36)/t16-,17-/m1/s1. The lowest BCUT2D eigenvalue weighted by molar-refractivity contribution is -0.121. The minimum Gasteiger partial charge on any atom is -0.373 e.